The fourth-order valence-electron chi connectivity index (χ4n) is 1.71. The minimum absolute atomic E-state index is 0.520. The largest absolute Gasteiger partial charge is 0.481 e. The average Bonchev–Trinajstić information content (AvgIpc) is 2.87. The monoisotopic (exact) mass is 248 g/mol. The van der Waals surface area contributed by atoms with Crippen LogP contribution in [0, 0.1) is 0 Å². The smallest absolute Gasteiger partial charge is 0.212 e. The maximum atomic E-state index is 10.3. The molecular formula is C12H16N4O2. The van der Waals surface area contributed by atoms with Crippen LogP contribution in [0.2, 0.25) is 0 Å². The van der Waals surface area contributed by atoms with E-state index in [1.165, 1.54) is 0 Å². The van der Waals surface area contributed by atoms with Crippen molar-refractivity contribution >= 4 is 0 Å². The van der Waals surface area contributed by atoms with Crippen molar-refractivity contribution in [1.82, 2.24) is 20.0 Å². The lowest BCUT2D eigenvalue weighted by atomic mass is 10.1. The normalized spacial score (nSPS) is 12.4. The number of pyridine rings is 1. The highest BCUT2D eigenvalue weighted by Gasteiger charge is 2.16. The Bertz CT molecular complexity index is 495. The first-order chi connectivity index (χ1) is 8.76. The van der Waals surface area contributed by atoms with Gasteiger partial charge in [0.15, 0.2) is 0 Å². The number of aliphatic hydroxyl groups excluding tert-OH is 1. The summed E-state index contributed by atoms with van der Waals surface area (Å²) in [5, 5.41) is 18.0. The van der Waals surface area contributed by atoms with Crippen molar-refractivity contribution in [1.29, 1.82) is 0 Å². The molecule has 0 saturated heterocycles. The lowest BCUT2D eigenvalue weighted by Crippen LogP contribution is -2.10. The van der Waals surface area contributed by atoms with Crippen LogP contribution in [-0.4, -0.2) is 32.2 Å². The van der Waals surface area contributed by atoms with Gasteiger partial charge in [0.1, 0.15) is 6.10 Å². The molecule has 0 fully saturated rings. The molecule has 0 spiro atoms. The lowest BCUT2D eigenvalue weighted by Gasteiger charge is -2.12. The molecule has 0 amide bonds. The molecule has 0 aromatic carbocycles. The number of aryl methyl sites for hydroxylation is 1. The molecule has 0 aliphatic heterocycles. The van der Waals surface area contributed by atoms with Gasteiger partial charge in [-0.05, 0) is 12.5 Å². The van der Waals surface area contributed by atoms with Gasteiger partial charge in [-0.1, -0.05) is 12.1 Å². The molecule has 0 aliphatic carbocycles. The van der Waals surface area contributed by atoms with Gasteiger partial charge in [-0.3, -0.25) is 0 Å². The van der Waals surface area contributed by atoms with E-state index in [0.717, 1.165) is 13.0 Å². The minimum atomic E-state index is -0.773. The maximum absolute atomic E-state index is 10.3. The molecule has 1 N–H and O–H groups in total. The molecular weight excluding hydrogens is 232 g/mol. The fourth-order valence-corrected chi connectivity index (χ4v) is 1.71. The van der Waals surface area contributed by atoms with E-state index in [4.69, 9.17) is 4.74 Å². The van der Waals surface area contributed by atoms with Gasteiger partial charge in [-0.25, -0.2) is 9.67 Å². The number of nitrogens with zero attached hydrogens (tertiary/aromatic N) is 4. The quantitative estimate of drug-likeness (QED) is 0.860. The van der Waals surface area contributed by atoms with Crippen molar-refractivity contribution in [2.45, 2.75) is 26.0 Å². The van der Waals surface area contributed by atoms with Gasteiger partial charge in [-0.15, -0.1) is 5.10 Å². The topological polar surface area (TPSA) is 73.1 Å². The SMILES string of the molecule is CCCn1nncc1C(O)c1ccc(OC)nc1. The zero-order chi connectivity index (χ0) is 13.0. The Balaban J connectivity index is 2.23. The van der Waals surface area contributed by atoms with Crippen LogP contribution in [0.15, 0.2) is 24.5 Å². The molecule has 0 bridgehead atoms. The van der Waals surface area contributed by atoms with Gasteiger partial charge < -0.3 is 9.84 Å². The summed E-state index contributed by atoms with van der Waals surface area (Å²) < 4.78 is 6.68. The third-order valence-corrected chi connectivity index (χ3v) is 2.65. The van der Waals surface area contributed by atoms with Crippen LogP contribution in [0.3, 0.4) is 0 Å². The van der Waals surface area contributed by atoms with Crippen molar-refractivity contribution < 1.29 is 9.84 Å². The van der Waals surface area contributed by atoms with Crippen molar-refractivity contribution in [3.8, 4) is 5.88 Å². The Hall–Kier alpha value is -1.95. The Morgan fingerprint density at radius 3 is 2.83 bits per heavy atom. The molecule has 1 unspecified atom stereocenters. The number of hydrogen-bond acceptors (Lipinski definition) is 5. The summed E-state index contributed by atoms with van der Waals surface area (Å²) in [5.74, 6) is 0.520. The van der Waals surface area contributed by atoms with Crippen LogP contribution < -0.4 is 4.74 Å². The third kappa shape index (κ3) is 2.48. The van der Waals surface area contributed by atoms with E-state index in [9.17, 15) is 5.11 Å². The third-order valence-electron chi connectivity index (χ3n) is 2.65. The van der Waals surface area contributed by atoms with Crippen LogP contribution in [0.1, 0.15) is 30.7 Å². The number of aliphatic hydroxyl groups is 1. The number of aromatic nitrogens is 4. The molecule has 0 saturated carbocycles. The summed E-state index contributed by atoms with van der Waals surface area (Å²) in [6.45, 7) is 2.78. The Morgan fingerprint density at radius 1 is 1.39 bits per heavy atom. The molecule has 2 aromatic heterocycles. The summed E-state index contributed by atoms with van der Waals surface area (Å²) in [5.41, 5.74) is 1.36. The molecule has 6 heteroatoms. The summed E-state index contributed by atoms with van der Waals surface area (Å²) in [6.07, 6.45) is 3.33. The number of rotatable bonds is 5. The predicted molar refractivity (Wildman–Crippen MR) is 65.2 cm³/mol. The van der Waals surface area contributed by atoms with E-state index in [0.29, 0.717) is 17.1 Å². The molecule has 18 heavy (non-hydrogen) atoms. The van der Waals surface area contributed by atoms with Crippen molar-refractivity contribution in [2.75, 3.05) is 7.11 Å². The molecule has 6 nitrogen and oxygen atoms in total. The van der Waals surface area contributed by atoms with E-state index in [1.54, 1.807) is 36.3 Å². The van der Waals surface area contributed by atoms with Gasteiger partial charge >= 0.3 is 0 Å². The second kappa shape index (κ2) is 5.59. The first-order valence-corrected chi connectivity index (χ1v) is 5.82. The highest BCUT2D eigenvalue weighted by molar-refractivity contribution is 5.25. The first kappa shape index (κ1) is 12.5. The van der Waals surface area contributed by atoms with Crippen molar-refractivity contribution in [3.05, 3.63) is 35.8 Å². The van der Waals surface area contributed by atoms with Gasteiger partial charge in [0, 0.05) is 24.4 Å². The first-order valence-electron chi connectivity index (χ1n) is 5.82. The number of ether oxygens (including phenoxy) is 1. The second-order valence-corrected chi connectivity index (χ2v) is 3.92. The number of hydrogen-bond donors (Lipinski definition) is 1. The van der Waals surface area contributed by atoms with Crippen LogP contribution in [0.4, 0.5) is 0 Å². The van der Waals surface area contributed by atoms with E-state index >= 15 is 0 Å². The van der Waals surface area contributed by atoms with E-state index in [1.807, 2.05) is 6.92 Å². The van der Waals surface area contributed by atoms with E-state index < -0.39 is 6.10 Å². The minimum Gasteiger partial charge on any atom is -0.481 e. The van der Waals surface area contributed by atoms with Crippen LogP contribution in [-0.2, 0) is 6.54 Å². The number of methoxy groups -OCH3 is 1. The van der Waals surface area contributed by atoms with Gasteiger partial charge in [0.2, 0.25) is 5.88 Å². The summed E-state index contributed by atoms with van der Waals surface area (Å²) >= 11 is 0. The highest BCUT2D eigenvalue weighted by atomic mass is 16.5. The molecule has 96 valence electrons. The standard InChI is InChI=1S/C12H16N4O2/c1-3-6-16-10(8-14-15-16)12(17)9-4-5-11(18-2)13-7-9/h4-5,7-8,12,17H,3,6H2,1-2H3. The van der Waals surface area contributed by atoms with Gasteiger partial charge in [0.05, 0.1) is 19.0 Å². The molecule has 0 aliphatic rings. The van der Waals surface area contributed by atoms with Crippen LogP contribution >= 0.6 is 0 Å². The summed E-state index contributed by atoms with van der Waals surface area (Å²) in [6, 6.07) is 3.49. The molecule has 2 heterocycles. The molecule has 1 atom stereocenters. The average molecular weight is 248 g/mol. The molecule has 2 rings (SSSR count). The summed E-state index contributed by atoms with van der Waals surface area (Å²) in [7, 11) is 1.55. The van der Waals surface area contributed by atoms with Gasteiger partial charge in [-0.2, -0.15) is 0 Å². The zero-order valence-electron chi connectivity index (χ0n) is 10.4. The molecule has 2 aromatic rings. The Kier molecular flexibility index (Phi) is 3.88. The Morgan fingerprint density at radius 2 is 2.22 bits per heavy atom. The van der Waals surface area contributed by atoms with Crippen LogP contribution in [0.25, 0.3) is 0 Å². The zero-order valence-corrected chi connectivity index (χ0v) is 10.4. The van der Waals surface area contributed by atoms with Gasteiger partial charge in [0.25, 0.3) is 0 Å². The van der Waals surface area contributed by atoms with E-state index in [2.05, 4.69) is 15.3 Å². The lowest BCUT2D eigenvalue weighted by molar-refractivity contribution is 0.206. The van der Waals surface area contributed by atoms with E-state index in [-0.39, 0.29) is 0 Å². The summed E-state index contributed by atoms with van der Waals surface area (Å²) in [4.78, 5) is 4.07. The molecule has 0 radical (unpaired) electrons. The van der Waals surface area contributed by atoms with Crippen LogP contribution in [0.5, 0.6) is 5.88 Å². The maximum Gasteiger partial charge on any atom is 0.212 e. The van der Waals surface area contributed by atoms with Crippen molar-refractivity contribution in [2.24, 2.45) is 0 Å². The Labute approximate surface area is 105 Å². The second-order valence-electron chi connectivity index (χ2n) is 3.92. The highest BCUT2D eigenvalue weighted by Crippen LogP contribution is 2.21. The fraction of sp³-hybridized carbons (Fsp3) is 0.417. The van der Waals surface area contributed by atoms with Crippen molar-refractivity contribution in [3.63, 3.8) is 0 Å². The predicted octanol–water partition coefficient (Wildman–Crippen LogP) is 1.17.